The molecule has 0 radical (unpaired) electrons. The van der Waals surface area contributed by atoms with Crippen LogP contribution in [0.1, 0.15) is 21.5 Å². The summed E-state index contributed by atoms with van der Waals surface area (Å²) in [6.07, 6.45) is 0.0917. The largest absolute Gasteiger partial charge is 0.495 e. The third kappa shape index (κ3) is 5.36. The van der Waals surface area contributed by atoms with Gasteiger partial charge in [0.15, 0.2) is 0 Å². The number of halogens is 2. The fourth-order valence-electron chi connectivity index (χ4n) is 4.80. The number of sulfonamides is 1. The number of methoxy groups -OCH3 is 1. The van der Waals surface area contributed by atoms with E-state index in [0.717, 1.165) is 16.4 Å². The number of hydrogen-bond acceptors (Lipinski definition) is 5. The first kappa shape index (κ1) is 27.8. The number of rotatable bonds is 8. The highest BCUT2D eigenvalue weighted by Crippen LogP contribution is 2.43. The first-order valence-electron chi connectivity index (χ1n) is 12.5. The van der Waals surface area contributed by atoms with Gasteiger partial charge in [0.25, 0.3) is 10.0 Å². The van der Waals surface area contributed by atoms with Gasteiger partial charge in [-0.1, -0.05) is 36.4 Å². The van der Waals surface area contributed by atoms with Gasteiger partial charge in [0, 0.05) is 24.6 Å². The van der Waals surface area contributed by atoms with Crippen molar-refractivity contribution < 1.29 is 36.6 Å². The molecule has 4 aromatic carbocycles. The molecule has 210 valence electrons. The highest BCUT2D eigenvalue weighted by molar-refractivity contribution is 7.93. The monoisotopic (exact) mass is 578 g/mol. The van der Waals surface area contributed by atoms with Crippen molar-refractivity contribution in [2.75, 3.05) is 11.4 Å². The Kier molecular flexibility index (Phi) is 7.46. The molecule has 0 saturated heterocycles. The van der Waals surface area contributed by atoms with Gasteiger partial charge >= 0.3 is 5.97 Å². The lowest BCUT2D eigenvalue weighted by Crippen LogP contribution is -2.47. The van der Waals surface area contributed by atoms with E-state index >= 15 is 0 Å². The Hall–Kier alpha value is -4.77. The standard InChI is InChI=1S/C30H24F2N2O6S/c1-40-27-4-2-3-21-15-26(29(35)33-17-18-5-7-20(8-6-18)30(36)37)34(28(21)27)41(38,39)23-12-9-19(10-13-23)24-14-11-22(31)16-25(24)32/h2-14,16,26H,15,17H2,1H3,(H,33,35)(H,36,37). The Morgan fingerprint density at radius 1 is 1.00 bits per heavy atom. The fraction of sp³-hybridized carbons (Fsp3) is 0.133. The van der Waals surface area contributed by atoms with Crippen molar-refractivity contribution in [1.29, 1.82) is 0 Å². The van der Waals surface area contributed by atoms with E-state index in [0.29, 0.717) is 16.7 Å². The van der Waals surface area contributed by atoms with E-state index in [1.165, 1.54) is 49.6 Å². The average molecular weight is 579 g/mol. The van der Waals surface area contributed by atoms with E-state index in [1.54, 1.807) is 30.3 Å². The maximum absolute atomic E-state index is 14.3. The van der Waals surface area contributed by atoms with Gasteiger partial charge in [0.2, 0.25) is 5.91 Å². The highest BCUT2D eigenvalue weighted by atomic mass is 32.2. The van der Waals surface area contributed by atoms with E-state index < -0.39 is 39.6 Å². The van der Waals surface area contributed by atoms with Crippen LogP contribution in [0.2, 0.25) is 0 Å². The zero-order valence-corrected chi connectivity index (χ0v) is 22.5. The Balaban J connectivity index is 1.46. The summed E-state index contributed by atoms with van der Waals surface area (Å²) in [5.74, 6) is -2.87. The summed E-state index contributed by atoms with van der Waals surface area (Å²) in [4.78, 5) is 24.4. The van der Waals surface area contributed by atoms with Crippen LogP contribution in [0.5, 0.6) is 5.75 Å². The van der Waals surface area contributed by atoms with Crippen molar-refractivity contribution in [2.24, 2.45) is 0 Å². The number of carbonyl (C=O) groups is 2. The SMILES string of the molecule is COc1cccc2c1N(S(=O)(=O)c1ccc(-c3ccc(F)cc3F)cc1)C(C(=O)NCc1ccc(C(=O)O)cc1)C2. The number of carboxylic acids is 1. The lowest BCUT2D eigenvalue weighted by atomic mass is 10.1. The van der Waals surface area contributed by atoms with Crippen molar-refractivity contribution in [3.05, 3.63) is 113 Å². The van der Waals surface area contributed by atoms with E-state index in [4.69, 9.17) is 9.84 Å². The molecule has 1 atom stereocenters. The summed E-state index contributed by atoms with van der Waals surface area (Å²) in [7, 11) is -2.92. The number of carboxylic acid groups (broad SMARTS) is 1. The van der Waals surface area contributed by atoms with Crippen molar-refractivity contribution in [3.8, 4) is 16.9 Å². The van der Waals surface area contributed by atoms with Crippen molar-refractivity contribution in [2.45, 2.75) is 23.9 Å². The third-order valence-corrected chi connectivity index (χ3v) is 8.67. The van der Waals surface area contributed by atoms with E-state index in [2.05, 4.69) is 5.32 Å². The molecule has 8 nitrogen and oxygen atoms in total. The van der Waals surface area contributed by atoms with Gasteiger partial charge in [0.1, 0.15) is 23.4 Å². The minimum absolute atomic E-state index is 0.0501. The second kappa shape index (κ2) is 11.0. The molecule has 1 unspecified atom stereocenters. The highest BCUT2D eigenvalue weighted by Gasteiger charge is 2.44. The lowest BCUT2D eigenvalue weighted by molar-refractivity contribution is -0.122. The van der Waals surface area contributed by atoms with Crippen LogP contribution < -0.4 is 14.4 Å². The molecule has 41 heavy (non-hydrogen) atoms. The van der Waals surface area contributed by atoms with Gasteiger partial charge in [-0.05, 0) is 59.2 Å². The zero-order chi connectivity index (χ0) is 29.3. The number of ether oxygens (including phenoxy) is 1. The summed E-state index contributed by atoms with van der Waals surface area (Å²) < 4.78 is 62.2. The van der Waals surface area contributed by atoms with Crippen LogP contribution >= 0.6 is 0 Å². The van der Waals surface area contributed by atoms with Gasteiger partial charge < -0.3 is 15.2 Å². The Labute approximate surface area is 234 Å². The van der Waals surface area contributed by atoms with Crippen molar-refractivity contribution >= 4 is 27.6 Å². The maximum atomic E-state index is 14.3. The molecule has 0 spiro atoms. The molecule has 4 aromatic rings. The van der Waals surface area contributed by atoms with E-state index in [1.807, 2.05) is 0 Å². The van der Waals surface area contributed by atoms with Crippen LogP contribution in [0.3, 0.4) is 0 Å². The van der Waals surface area contributed by atoms with Crippen LogP contribution in [0, 0.1) is 11.6 Å². The fourth-order valence-corrected chi connectivity index (χ4v) is 6.46. The van der Waals surface area contributed by atoms with Crippen LogP contribution in [0.15, 0.2) is 89.8 Å². The number of fused-ring (bicyclic) bond motifs is 1. The number of benzene rings is 4. The third-order valence-electron chi connectivity index (χ3n) is 6.84. The number of amides is 1. The Morgan fingerprint density at radius 2 is 1.71 bits per heavy atom. The van der Waals surface area contributed by atoms with Crippen molar-refractivity contribution in [3.63, 3.8) is 0 Å². The number of hydrogen-bond donors (Lipinski definition) is 2. The van der Waals surface area contributed by atoms with Gasteiger partial charge in [-0.2, -0.15) is 0 Å². The van der Waals surface area contributed by atoms with Gasteiger partial charge in [-0.15, -0.1) is 0 Å². The van der Waals surface area contributed by atoms with Crippen molar-refractivity contribution in [1.82, 2.24) is 5.32 Å². The molecular formula is C30H24F2N2O6S. The molecule has 0 fully saturated rings. The molecule has 1 aliphatic rings. The zero-order valence-electron chi connectivity index (χ0n) is 21.7. The second-order valence-electron chi connectivity index (χ2n) is 9.36. The minimum atomic E-state index is -4.32. The van der Waals surface area contributed by atoms with Crippen LogP contribution in [0.25, 0.3) is 11.1 Å². The van der Waals surface area contributed by atoms with Crippen LogP contribution in [-0.4, -0.2) is 38.6 Å². The van der Waals surface area contributed by atoms with E-state index in [-0.39, 0.29) is 40.4 Å². The molecule has 1 aliphatic heterocycles. The molecular weight excluding hydrogens is 554 g/mol. The summed E-state index contributed by atoms with van der Waals surface area (Å²) in [6.45, 7) is 0.0501. The predicted molar refractivity (Wildman–Crippen MR) is 147 cm³/mol. The number of nitrogens with one attached hydrogen (secondary N) is 1. The molecule has 0 bridgehead atoms. The number of para-hydroxylation sites is 1. The molecule has 5 rings (SSSR count). The van der Waals surface area contributed by atoms with Gasteiger partial charge in [0.05, 0.1) is 23.3 Å². The molecule has 0 aliphatic carbocycles. The summed E-state index contributed by atoms with van der Waals surface area (Å²) in [6, 6.07) is 18.4. The number of carbonyl (C=O) groups excluding carboxylic acids is 1. The second-order valence-corrected chi connectivity index (χ2v) is 11.2. The lowest BCUT2D eigenvalue weighted by Gasteiger charge is -2.27. The Bertz CT molecular complexity index is 1740. The molecule has 2 N–H and O–H groups in total. The molecule has 0 aromatic heterocycles. The average Bonchev–Trinajstić information content (AvgIpc) is 3.37. The Morgan fingerprint density at radius 3 is 2.34 bits per heavy atom. The molecule has 11 heteroatoms. The topological polar surface area (TPSA) is 113 Å². The van der Waals surface area contributed by atoms with Crippen LogP contribution in [0.4, 0.5) is 14.5 Å². The number of anilines is 1. The van der Waals surface area contributed by atoms with Crippen LogP contribution in [-0.2, 0) is 27.8 Å². The first-order valence-corrected chi connectivity index (χ1v) is 13.9. The summed E-state index contributed by atoms with van der Waals surface area (Å²) >= 11 is 0. The summed E-state index contributed by atoms with van der Waals surface area (Å²) in [5, 5.41) is 11.8. The van der Waals surface area contributed by atoms with E-state index in [9.17, 15) is 26.8 Å². The van der Waals surface area contributed by atoms with Gasteiger partial charge in [-0.25, -0.2) is 26.3 Å². The molecule has 1 amide bonds. The normalized spacial score (nSPS) is 14.4. The quantitative estimate of drug-likeness (QED) is 0.311. The smallest absolute Gasteiger partial charge is 0.335 e. The first-order chi connectivity index (χ1) is 19.6. The minimum Gasteiger partial charge on any atom is -0.495 e. The van der Waals surface area contributed by atoms with Gasteiger partial charge in [-0.3, -0.25) is 4.79 Å². The number of nitrogens with zero attached hydrogens (tertiary/aromatic N) is 1. The number of aromatic carboxylic acids is 1. The predicted octanol–water partition coefficient (Wildman–Crippen LogP) is 4.78. The molecule has 0 saturated carbocycles. The molecule has 1 heterocycles. The maximum Gasteiger partial charge on any atom is 0.335 e. The summed E-state index contributed by atoms with van der Waals surface area (Å²) in [5.41, 5.74) is 2.04.